The van der Waals surface area contributed by atoms with Gasteiger partial charge in [0.1, 0.15) is 5.75 Å². The molecule has 7 nitrogen and oxygen atoms in total. The van der Waals surface area contributed by atoms with Crippen molar-refractivity contribution in [3.8, 4) is 16.9 Å². The van der Waals surface area contributed by atoms with E-state index in [2.05, 4.69) is 26.0 Å². The lowest BCUT2D eigenvalue weighted by molar-refractivity contribution is -0.576. The summed E-state index contributed by atoms with van der Waals surface area (Å²) < 4.78 is 24.2. The zero-order valence-electron chi connectivity index (χ0n) is 21.1. The van der Waals surface area contributed by atoms with Gasteiger partial charge in [-0.25, -0.2) is 14.6 Å². The van der Waals surface area contributed by atoms with E-state index in [-0.39, 0.29) is 24.4 Å². The van der Waals surface area contributed by atoms with E-state index < -0.39 is 29.9 Å². The molecule has 8 atom stereocenters. The molecule has 192 valence electrons. The Bertz CT molecular complexity index is 1090. The van der Waals surface area contributed by atoms with Gasteiger partial charge in [-0.1, -0.05) is 56.3 Å². The normalized spacial score (nSPS) is 39.1. The van der Waals surface area contributed by atoms with Gasteiger partial charge in [0.05, 0.1) is 0 Å². The van der Waals surface area contributed by atoms with Crippen LogP contribution < -0.4 is 4.74 Å². The molecule has 36 heavy (non-hydrogen) atoms. The number of hydrogen-bond acceptors (Lipinski definition) is 7. The van der Waals surface area contributed by atoms with E-state index in [4.69, 9.17) is 28.7 Å². The first kappa shape index (κ1) is 23.9. The molecule has 1 saturated carbocycles. The average Bonchev–Trinajstić information content (AvgIpc) is 3.12. The molecule has 4 aliphatic heterocycles. The van der Waals surface area contributed by atoms with E-state index >= 15 is 0 Å². The van der Waals surface area contributed by atoms with E-state index in [0.717, 1.165) is 36.8 Å². The molecular formula is C29H34O7. The van der Waals surface area contributed by atoms with Crippen molar-refractivity contribution in [1.82, 2.24) is 0 Å². The highest BCUT2D eigenvalue weighted by atomic mass is 17.3. The van der Waals surface area contributed by atoms with Crippen LogP contribution >= 0.6 is 0 Å². The summed E-state index contributed by atoms with van der Waals surface area (Å²) in [5, 5.41) is 0. The van der Waals surface area contributed by atoms with E-state index in [1.807, 2.05) is 49.4 Å². The lowest BCUT2D eigenvalue weighted by Gasteiger charge is -2.59. The maximum absolute atomic E-state index is 12.8. The molecule has 4 saturated heterocycles. The number of rotatable bonds is 5. The first-order valence-electron chi connectivity index (χ1n) is 13.1. The van der Waals surface area contributed by atoms with Crippen molar-refractivity contribution in [2.24, 2.45) is 23.7 Å². The van der Waals surface area contributed by atoms with Gasteiger partial charge in [-0.2, -0.15) is 0 Å². The quantitative estimate of drug-likeness (QED) is 0.402. The largest absolute Gasteiger partial charge is 0.482 e. The molecule has 1 spiro atoms. The molecule has 0 radical (unpaired) electrons. The van der Waals surface area contributed by atoms with Crippen molar-refractivity contribution in [3.63, 3.8) is 0 Å². The van der Waals surface area contributed by atoms with Crippen LogP contribution in [-0.2, 0) is 28.8 Å². The third-order valence-electron chi connectivity index (χ3n) is 8.66. The van der Waals surface area contributed by atoms with Crippen molar-refractivity contribution in [1.29, 1.82) is 0 Å². The molecule has 5 fully saturated rings. The third-order valence-corrected chi connectivity index (χ3v) is 8.66. The lowest BCUT2D eigenvalue weighted by atomic mass is 9.58. The number of fused-ring (bicyclic) bond motifs is 2. The highest BCUT2D eigenvalue weighted by molar-refractivity contribution is 5.71. The molecule has 2 bridgehead atoms. The van der Waals surface area contributed by atoms with Crippen LogP contribution in [0.1, 0.15) is 46.5 Å². The van der Waals surface area contributed by atoms with Crippen LogP contribution in [0.3, 0.4) is 0 Å². The van der Waals surface area contributed by atoms with Crippen LogP contribution in [0.4, 0.5) is 0 Å². The summed E-state index contributed by atoms with van der Waals surface area (Å²) in [6, 6.07) is 17.8. The standard InChI is InChI=1S/C29H34O7/c1-18-9-14-24-19(2)26(33-27-29(24)23(18)15-16-28(3,34-27)35-36-29)32-25(30)17-31-22-12-10-21(11-13-22)20-7-5-4-6-8-20/h4-8,10-13,18-19,23-24,26-27H,9,14-17H2,1-3H3/t18-,19-,23+,24+,26-,27-,28+,29-/m1/s1. The predicted octanol–water partition coefficient (Wildman–Crippen LogP) is 5.48. The Kier molecular flexibility index (Phi) is 6.07. The molecule has 0 amide bonds. The van der Waals surface area contributed by atoms with Crippen molar-refractivity contribution >= 4 is 5.97 Å². The van der Waals surface area contributed by atoms with E-state index in [0.29, 0.717) is 11.7 Å². The smallest absolute Gasteiger partial charge is 0.346 e. The Labute approximate surface area is 211 Å². The first-order chi connectivity index (χ1) is 17.4. The molecule has 7 rings (SSSR count). The number of esters is 1. The zero-order chi connectivity index (χ0) is 24.9. The van der Waals surface area contributed by atoms with Crippen molar-refractivity contribution in [2.75, 3.05) is 6.61 Å². The molecule has 1 aliphatic carbocycles. The number of ether oxygens (including phenoxy) is 4. The van der Waals surface area contributed by atoms with Crippen molar-refractivity contribution in [3.05, 3.63) is 54.6 Å². The van der Waals surface area contributed by atoms with Crippen LogP contribution in [0.2, 0.25) is 0 Å². The average molecular weight is 495 g/mol. The Morgan fingerprint density at radius 2 is 1.69 bits per heavy atom. The number of carbonyl (C=O) groups excluding carboxylic acids is 1. The topological polar surface area (TPSA) is 72.5 Å². The Hall–Kier alpha value is -2.45. The van der Waals surface area contributed by atoms with Crippen LogP contribution in [0.25, 0.3) is 11.1 Å². The molecule has 0 aromatic heterocycles. The molecule has 0 unspecified atom stereocenters. The Morgan fingerprint density at radius 1 is 0.944 bits per heavy atom. The molecule has 2 aromatic rings. The fraction of sp³-hybridized carbons (Fsp3) is 0.552. The van der Waals surface area contributed by atoms with Crippen molar-refractivity contribution in [2.45, 2.75) is 70.4 Å². The van der Waals surface area contributed by atoms with E-state index in [1.165, 1.54) is 0 Å². The molecule has 5 aliphatic rings. The molecule has 4 heterocycles. The summed E-state index contributed by atoms with van der Waals surface area (Å²) in [6.45, 7) is 6.02. The van der Waals surface area contributed by atoms with Crippen molar-refractivity contribution < 1.29 is 33.5 Å². The van der Waals surface area contributed by atoms with E-state index in [9.17, 15) is 4.79 Å². The number of carbonyl (C=O) groups is 1. The molecule has 7 heteroatoms. The van der Waals surface area contributed by atoms with Gasteiger partial charge in [-0.3, -0.25) is 0 Å². The predicted molar refractivity (Wildman–Crippen MR) is 130 cm³/mol. The number of hydrogen-bond donors (Lipinski definition) is 0. The summed E-state index contributed by atoms with van der Waals surface area (Å²) in [4.78, 5) is 24.8. The van der Waals surface area contributed by atoms with Crippen LogP contribution in [0, 0.1) is 23.7 Å². The Balaban J connectivity index is 1.12. The molecule has 2 aromatic carbocycles. The second-order valence-electron chi connectivity index (χ2n) is 10.9. The summed E-state index contributed by atoms with van der Waals surface area (Å²) >= 11 is 0. The summed E-state index contributed by atoms with van der Waals surface area (Å²) in [6.07, 6.45) is 2.37. The van der Waals surface area contributed by atoms with Gasteiger partial charge in [0, 0.05) is 18.3 Å². The minimum Gasteiger partial charge on any atom is -0.482 e. The molecule has 0 N–H and O–H groups in total. The number of benzene rings is 2. The summed E-state index contributed by atoms with van der Waals surface area (Å²) in [7, 11) is 0. The van der Waals surface area contributed by atoms with Gasteiger partial charge in [-0.05, 0) is 61.3 Å². The SMILES string of the molecule is C[C@H]1[C@H](OC(=O)COc2ccc(-c3ccccc3)cc2)O[C@@H]2O[C@]3(C)CC[C@H]4[C@H](C)CC[C@@H]1[C@@]24OO3. The van der Waals surface area contributed by atoms with Crippen LogP contribution in [0.5, 0.6) is 5.75 Å². The highest BCUT2D eigenvalue weighted by Crippen LogP contribution is 2.60. The molecular weight excluding hydrogens is 460 g/mol. The highest BCUT2D eigenvalue weighted by Gasteiger charge is 2.69. The maximum atomic E-state index is 12.8. The Morgan fingerprint density at radius 3 is 2.47 bits per heavy atom. The fourth-order valence-electron chi connectivity index (χ4n) is 6.69. The third kappa shape index (κ3) is 4.02. The van der Waals surface area contributed by atoms with Gasteiger partial charge < -0.3 is 18.9 Å². The van der Waals surface area contributed by atoms with Gasteiger partial charge in [0.15, 0.2) is 18.5 Å². The second-order valence-corrected chi connectivity index (χ2v) is 10.9. The minimum atomic E-state index is -0.859. The lowest BCUT2D eigenvalue weighted by Crippen LogP contribution is -2.70. The van der Waals surface area contributed by atoms with Gasteiger partial charge in [0.2, 0.25) is 12.1 Å². The first-order valence-corrected chi connectivity index (χ1v) is 13.1. The zero-order valence-corrected chi connectivity index (χ0v) is 21.1. The summed E-state index contributed by atoms with van der Waals surface area (Å²) in [5.74, 6) is 0.0547. The second kappa shape index (κ2) is 9.14. The minimum absolute atomic E-state index is 0.0694. The van der Waals surface area contributed by atoms with Gasteiger partial charge in [0.25, 0.3) is 0 Å². The fourth-order valence-corrected chi connectivity index (χ4v) is 6.69. The monoisotopic (exact) mass is 494 g/mol. The van der Waals surface area contributed by atoms with Crippen LogP contribution in [0.15, 0.2) is 54.6 Å². The van der Waals surface area contributed by atoms with Crippen LogP contribution in [-0.4, -0.2) is 36.5 Å². The van der Waals surface area contributed by atoms with E-state index in [1.54, 1.807) is 0 Å². The maximum Gasteiger partial charge on any atom is 0.346 e. The van der Waals surface area contributed by atoms with Gasteiger partial charge in [-0.15, -0.1) is 0 Å². The van der Waals surface area contributed by atoms with Gasteiger partial charge >= 0.3 is 5.97 Å². The summed E-state index contributed by atoms with van der Waals surface area (Å²) in [5.41, 5.74) is 1.54.